The molecule has 5 nitrogen and oxygen atoms in total. The van der Waals surface area contributed by atoms with E-state index in [1.165, 1.54) is 44.6 Å². The highest BCUT2D eigenvalue weighted by Crippen LogP contribution is 2.70. The number of hydrogen-bond donors (Lipinski definition) is 1. The average molecular weight is 545 g/mol. The van der Waals surface area contributed by atoms with Crippen LogP contribution in [-0.2, 0) is 19.0 Å². The second-order valence-electron chi connectivity index (χ2n) is 14.3. The smallest absolute Gasteiger partial charge is 0.302 e. The van der Waals surface area contributed by atoms with Gasteiger partial charge in [0.15, 0.2) is 5.79 Å². The van der Waals surface area contributed by atoms with Gasteiger partial charge in [0, 0.05) is 37.7 Å². The van der Waals surface area contributed by atoms with Crippen molar-refractivity contribution < 1.29 is 24.1 Å². The molecule has 4 fully saturated rings. The van der Waals surface area contributed by atoms with Gasteiger partial charge in [0.2, 0.25) is 0 Å². The van der Waals surface area contributed by atoms with Crippen LogP contribution in [-0.4, -0.2) is 41.8 Å². The molecule has 0 aromatic rings. The topological polar surface area (TPSA) is 65.0 Å². The minimum atomic E-state index is -0.432. The van der Waals surface area contributed by atoms with Crippen LogP contribution in [0.3, 0.4) is 0 Å². The Balaban J connectivity index is 1.47. The third-order valence-electron chi connectivity index (χ3n) is 12.7. The van der Waals surface area contributed by atoms with Crippen LogP contribution in [0.25, 0.3) is 0 Å². The summed E-state index contributed by atoms with van der Waals surface area (Å²) >= 11 is 0. The van der Waals surface area contributed by atoms with Crippen LogP contribution in [0.4, 0.5) is 0 Å². The first-order valence-corrected chi connectivity index (χ1v) is 16.5. The molecule has 0 heterocycles. The maximum absolute atomic E-state index is 11.8. The van der Waals surface area contributed by atoms with Gasteiger partial charge in [-0.25, -0.2) is 0 Å². The molecule has 0 spiro atoms. The summed E-state index contributed by atoms with van der Waals surface area (Å²) in [6, 6.07) is 0. The van der Waals surface area contributed by atoms with Gasteiger partial charge in [0.05, 0.1) is 12.2 Å². The Hall–Kier alpha value is -0.910. The Bertz CT molecular complexity index is 921. The number of allylic oxidation sites excluding steroid dienone is 1. The van der Waals surface area contributed by atoms with Gasteiger partial charge < -0.3 is 19.3 Å². The van der Waals surface area contributed by atoms with E-state index in [0.29, 0.717) is 30.3 Å². The van der Waals surface area contributed by atoms with E-state index in [0.717, 1.165) is 51.4 Å². The number of carbonyl (C=O) groups is 1. The highest BCUT2D eigenvalue weighted by molar-refractivity contribution is 5.66. The lowest BCUT2D eigenvalue weighted by atomic mass is 9.44. The molecule has 4 saturated carbocycles. The summed E-state index contributed by atoms with van der Waals surface area (Å²) in [7, 11) is 0. The fourth-order valence-electron chi connectivity index (χ4n) is 10.9. The zero-order valence-corrected chi connectivity index (χ0v) is 25.7. The van der Waals surface area contributed by atoms with Crippen molar-refractivity contribution in [2.24, 2.45) is 40.4 Å². The minimum absolute atomic E-state index is 0.0759. The number of fused-ring (bicyclic) bond motifs is 5. The molecule has 5 rings (SSSR count). The van der Waals surface area contributed by atoms with Gasteiger partial charge in [0.25, 0.3) is 0 Å². The molecule has 39 heavy (non-hydrogen) atoms. The van der Waals surface area contributed by atoms with Gasteiger partial charge in [-0.1, -0.05) is 52.2 Å². The molecule has 1 N–H and O–H groups in total. The summed E-state index contributed by atoms with van der Waals surface area (Å²) < 4.78 is 19.8. The molecule has 0 aromatic carbocycles. The van der Waals surface area contributed by atoms with Crippen LogP contribution in [0.1, 0.15) is 125 Å². The third-order valence-corrected chi connectivity index (χ3v) is 12.7. The van der Waals surface area contributed by atoms with E-state index in [4.69, 9.17) is 14.2 Å². The van der Waals surface area contributed by atoms with Gasteiger partial charge in [0.1, 0.15) is 6.10 Å². The van der Waals surface area contributed by atoms with Gasteiger partial charge >= 0.3 is 5.97 Å². The van der Waals surface area contributed by atoms with Crippen molar-refractivity contribution in [3.8, 4) is 0 Å². The number of ether oxygens (including phenoxy) is 3. The average Bonchev–Trinajstić information content (AvgIpc) is 3.03. The predicted molar refractivity (Wildman–Crippen MR) is 154 cm³/mol. The highest BCUT2D eigenvalue weighted by Gasteiger charge is 2.67. The summed E-state index contributed by atoms with van der Waals surface area (Å²) in [5.41, 5.74) is 1.14. The maximum Gasteiger partial charge on any atom is 0.302 e. The monoisotopic (exact) mass is 544 g/mol. The van der Waals surface area contributed by atoms with E-state index >= 15 is 0 Å². The Kier molecular flexibility index (Phi) is 8.39. The lowest BCUT2D eigenvalue weighted by molar-refractivity contribution is -0.321. The number of hydrogen-bond acceptors (Lipinski definition) is 5. The molecule has 9 atom stereocenters. The van der Waals surface area contributed by atoms with E-state index in [-0.39, 0.29) is 41.0 Å². The Labute approximate surface area is 237 Å². The summed E-state index contributed by atoms with van der Waals surface area (Å²) in [5.74, 6) is 1.58. The molecule has 5 heteroatoms. The fraction of sp³-hybridized carbons (Fsp3) is 0.912. The first-order valence-electron chi connectivity index (χ1n) is 16.5. The first-order chi connectivity index (χ1) is 18.6. The van der Waals surface area contributed by atoms with Gasteiger partial charge in [-0.2, -0.15) is 0 Å². The van der Waals surface area contributed by atoms with E-state index in [9.17, 15) is 9.90 Å². The quantitative estimate of drug-likeness (QED) is 0.155. The van der Waals surface area contributed by atoms with Crippen molar-refractivity contribution in [1.29, 1.82) is 0 Å². The van der Waals surface area contributed by atoms with Crippen LogP contribution < -0.4 is 0 Å². The van der Waals surface area contributed by atoms with Crippen LogP contribution in [0.2, 0.25) is 0 Å². The summed E-state index contributed by atoms with van der Waals surface area (Å²) in [6.07, 6.45) is 16.8. The van der Waals surface area contributed by atoms with Crippen molar-refractivity contribution in [2.75, 3.05) is 13.2 Å². The maximum atomic E-state index is 11.8. The molecule has 5 aliphatic rings. The summed E-state index contributed by atoms with van der Waals surface area (Å²) in [4.78, 5) is 11.8. The lowest BCUT2D eigenvalue weighted by Crippen LogP contribution is -2.60. The van der Waals surface area contributed by atoms with E-state index in [1.54, 1.807) is 0 Å². The van der Waals surface area contributed by atoms with Crippen molar-refractivity contribution in [3.05, 3.63) is 11.6 Å². The summed E-state index contributed by atoms with van der Waals surface area (Å²) in [6.45, 7) is 14.1. The van der Waals surface area contributed by atoms with Crippen LogP contribution in [0.15, 0.2) is 11.6 Å². The molecule has 0 amide bonds. The number of aliphatic hydroxyl groups excluding tert-OH is 1. The van der Waals surface area contributed by atoms with E-state index in [1.807, 2.05) is 0 Å². The molecular formula is C34H56O5. The number of rotatable bonds is 7. The minimum Gasteiger partial charge on any atom is -0.462 e. The predicted octanol–water partition coefficient (Wildman–Crippen LogP) is 7.60. The van der Waals surface area contributed by atoms with Crippen molar-refractivity contribution in [3.63, 3.8) is 0 Å². The highest BCUT2D eigenvalue weighted by atomic mass is 16.7. The lowest BCUT2D eigenvalue weighted by Gasteiger charge is -2.62. The molecule has 0 aliphatic heterocycles. The Morgan fingerprint density at radius 3 is 2.28 bits per heavy atom. The van der Waals surface area contributed by atoms with Gasteiger partial charge in [-0.05, 0) is 93.8 Å². The standard InChI is InChI=1S/C34H56O5/c1-7-33(39-34(37-8-2)16-11-9-10-12-17-34)20-14-26-30-23(3)21-28-24(4)29(38-25(5)36)15-19-32(28,22-35)27(30)13-18-31(26,33)6/h21,23-24,26-27,29-30,35H,7-20,22H2,1-6H3/t23?,24?,26-,27+,29?,30-,31-,32-,33?/m0/s1. The van der Waals surface area contributed by atoms with Gasteiger partial charge in [-0.3, -0.25) is 4.79 Å². The van der Waals surface area contributed by atoms with Crippen LogP contribution in [0.5, 0.6) is 0 Å². The molecule has 0 bridgehead atoms. The normalized spacial score (nSPS) is 45.4. The first kappa shape index (κ1) is 29.6. The Morgan fingerprint density at radius 1 is 0.974 bits per heavy atom. The van der Waals surface area contributed by atoms with E-state index < -0.39 is 5.79 Å². The third kappa shape index (κ3) is 4.65. The van der Waals surface area contributed by atoms with E-state index in [2.05, 4.69) is 40.7 Å². The number of esters is 1. The molecule has 4 unspecified atom stereocenters. The second-order valence-corrected chi connectivity index (χ2v) is 14.3. The molecular weight excluding hydrogens is 488 g/mol. The second kappa shape index (κ2) is 11.1. The zero-order chi connectivity index (χ0) is 28.1. The van der Waals surface area contributed by atoms with Crippen molar-refractivity contribution >= 4 is 5.97 Å². The number of aliphatic hydroxyl groups is 1. The SMILES string of the molecule is CCOC1(OC2(CC)CC[C@H]3[C@@H]4C(C)C=C5C(C)C(OC(C)=O)CC[C@]5(CO)[C@@H]4CC[C@@]32C)CCCCCC1. The Morgan fingerprint density at radius 2 is 1.67 bits per heavy atom. The van der Waals surface area contributed by atoms with Crippen molar-refractivity contribution in [2.45, 2.75) is 143 Å². The summed E-state index contributed by atoms with van der Waals surface area (Å²) in [5, 5.41) is 11.1. The molecule has 0 radical (unpaired) electrons. The molecule has 0 saturated heterocycles. The number of carbonyl (C=O) groups excluding carboxylic acids is 1. The zero-order valence-electron chi connectivity index (χ0n) is 25.7. The van der Waals surface area contributed by atoms with Crippen molar-refractivity contribution in [1.82, 2.24) is 0 Å². The van der Waals surface area contributed by atoms with Gasteiger partial charge in [-0.15, -0.1) is 0 Å². The van der Waals surface area contributed by atoms with Crippen LogP contribution in [0, 0.1) is 40.4 Å². The molecule has 0 aromatic heterocycles. The fourth-order valence-corrected chi connectivity index (χ4v) is 10.9. The van der Waals surface area contributed by atoms with Crippen LogP contribution >= 0.6 is 0 Å². The molecule has 222 valence electrons. The largest absolute Gasteiger partial charge is 0.462 e. The molecule has 5 aliphatic carbocycles.